The second kappa shape index (κ2) is 4.54. The Hall–Kier alpha value is -1.22. The van der Waals surface area contributed by atoms with Gasteiger partial charge in [0.05, 0.1) is 0 Å². The molecule has 0 bridgehead atoms. The van der Waals surface area contributed by atoms with Crippen LogP contribution in [0.3, 0.4) is 0 Å². The van der Waals surface area contributed by atoms with Gasteiger partial charge in [0.1, 0.15) is 7.85 Å². The molecule has 15 heavy (non-hydrogen) atoms. The van der Waals surface area contributed by atoms with Gasteiger partial charge in [0.2, 0.25) is 0 Å². The van der Waals surface area contributed by atoms with Gasteiger partial charge in [0, 0.05) is 32.0 Å². The zero-order chi connectivity index (χ0) is 10.7. The summed E-state index contributed by atoms with van der Waals surface area (Å²) in [6, 6.07) is 8.11. The molecular formula is C12H14BNO. The minimum atomic E-state index is 0.794. The van der Waals surface area contributed by atoms with Crippen LogP contribution in [0, 0.1) is 0 Å². The lowest BCUT2D eigenvalue weighted by molar-refractivity contribution is 0.190. The summed E-state index contributed by atoms with van der Waals surface area (Å²) in [4.78, 5) is 0. The van der Waals surface area contributed by atoms with Crippen molar-refractivity contribution in [2.24, 2.45) is 0 Å². The molecule has 0 aliphatic rings. The average molecular weight is 199 g/mol. The van der Waals surface area contributed by atoms with Crippen LogP contribution in [0.25, 0.3) is 10.9 Å². The molecule has 0 atom stereocenters. The van der Waals surface area contributed by atoms with Gasteiger partial charge >= 0.3 is 0 Å². The summed E-state index contributed by atoms with van der Waals surface area (Å²) < 4.78 is 7.25. The number of fused-ring (bicyclic) bond motifs is 1. The topological polar surface area (TPSA) is 14.2 Å². The van der Waals surface area contributed by atoms with Crippen LogP contribution in [0.2, 0.25) is 0 Å². The highest BCUT2D eigenvalue weighted by molar-refractivity contribution is 6.33. The first-order valence-corrected chi connectivity index (χ1v) is 5.14. The van der Waals surface area contributed by atoms with E-state index in [1.165, 1.54) is 10.9 Å². The third kappa shape index (κ3) is 2.24. The van der Waals surface area contributed by atoms with E-state index in [1.807, 2.05) is 12.1 Å². The Morgan fingerprint density at radius 1 is 1.33 bits per heavy atom. The Bertz CT molecular complexity index is 450. The summed E-state index contributed by atoms with van der Waals surface area (Å²) in [7, 11) is 7.50. The van der Waals surface area contributed by atoms with Crippen LogP contribution in [-0.4, -0.2) is 26.1 Å². The predicted octanol–water partition coefficient (Wildman–Crippen LogP) is 1.47. The van der Waals surface area contributed by atoms with Gasteiger partial charge in [-0.15, -0.1) is 0 Å². The number of aromatic nitrogens is 1. The number of ether oxygens (including phenoxy) is 1. The number of rotatable bonds is 4. The zero-order valence-corrected chi connectivity index (χ0v) is 8.94. The van der Waals surface area contributed by atoms with Crippen molar-refractivity contribution in [3.63, 3.8) is 0 Å². The van der Waals surface area contributed by atoms with Crippen molar-refractivity contribution < 1.29 is 4.74 Å². The average Bonchev–Trinajstić information content (AvgIpc) is 2.62. The molecule has 1 aromatic carbocycles. The predicted molar refractivity (Wildman–Crippen MR) is 63.8 cm³/mol. The monoisotopic (exact) mass is 199 g/mol. The highest BCUT2D eigenvalue weighted by atomic mass is 16.5. The van der Waals surface area contributed by atoms with Crippen LogP contribution in [0.15, 0.2) is 30.5 Å². The Morgan fingerprint density at radius 2 is 2.20 bits per heavy atom. The van der Waals surface area contributed by atoms with Crippen LogP contribution in [0.4, 0.5) is 0 Å². The Labute approximate surface area is 91.3 Å². The largest absolute Gasteiger partial charge is 0.385 e. The molecular weight excluding hydrogens is 185 g/mol. The number of benzene rings is 1. The van der Waals surface area contributed by atoms with Gasteiger partial charge in [-0.3, -0.25) is 0 Å². The number of methoxy groups -OCH3 is 1. The smallest absolute Gasteiger partial charge is 0.113 e. The van der Waals surface area contributed by atoms with E-state index < -0.39 is 0 Å². The van der Waals surface area contributed by atoms with Crippen LogP contribution < -0.4 is 5.46 Å². The highest BCUT2D eigenvalue weighted by Gasteiger charge is 2.00. The van der Waals surface area contributed by atoms with E-state index in [0.29, 0.717) is 0 Å². The molecule has 0 N–H and O–H groups in total. The second-order valence-electron chi connectivity index (χ2n) is 3.67. The summed E-state index contributed by atoms with van der Waals surface area (Å²) in [6.45, 7) is 1.77. The molecule has 0 aliphatic heterocycles. The molecule has 0 amide bonds. The van der Waals surface area contributed by atoms with E-state index in [9.17, 15) is 0 Å². The molecule has 0 saturated heterocycles. The van der Waals surface area contributed by atoms with Gasteiger partial charge in [-0.05, 0) is 23.9 Å². The lowest BCUT2D eigenvalue weighted by Gasteiger charge is -2.05. The summed E-state index contributed by atoms with van der Waals surface area (Å²) in [5.41, 5.74) is 2.01. The van der Waals surface area contributed by atoms with E-state index in [4.69, 9.17) is 12.6 Å². The fourth-order valence-electron chi connectivity index (χ4n) is 1.78. The first kappa shape index (κ1) is 10.3. The Kier molecular flexibility index (Phi) is 3.12. The van der Waals surface area contributed by atoms with Crippen molar-refractivity contribution in [3.8, 4) is 0 Å². The first-order chi connectivity index (χ1) is 7.31. The van der Waals surface area contributed by atoms with Gasteiger partial charge in [-0.25, -0.2) is 0 Å². The van der Waals surface area contributed by atoms with Crippen LogP contribution in [0.1, 0.15) is 6.42 Å². The standard InChI is InChI=1S/C12H14BNO/c1-15-8-2-6-14-7-5-10-3-4-11(13)9-12(10)14/h3-5,7,9H,2,6,8H2,1H3. The van der Waals surface area contributed by atoms with Crippen molar-refractivity contribution >= 4 is 24.2 Å². The van der Waals surface area contributed by atoms with Crippen molar-refractivity contribution in [1.82, 2.24) is 4.57 Å². The maximum Gasteiger partial charge on any atom is 0.113 e. The summed E-state index contributed by atoms with van der Waals surface area (Å²) in [5.74, 6) is 0. The number of nitrogens with zero attached hydrogens (tertiary/aromatic N) is 1. The van der Waals surface area contributed by atoms with Crippen molar-refractivity contribution in [3.05, 3.63) is 30.5 Å². The maximum absolute atomic E-state index is 5.77. The quantitative estimate of drug-likeness (QED) is 0.537. The Balaban J connectivity index is 2.23. The van der Waals surface area contributed by atoms with Crippen molar-refractivity contribution in [2.75, 3.05) is 13.7 Å². The summed E-state index contributed by atoms with van der Waals surface area (Å²) in [6.07, 6.45) is 3.12. The number of hydrogen-bond donors (Lipinski definition) is 0. The van der Waals surface area contributed by atoms with Crippen LogP contribution in [0.5, 0.6) is 0 Å². The van der Waals surface area contributed by atoms with E-state index in [-0.39, 0.29) is 0 Å². The van der Waals surface area contributed by atoms with E-state index in [0.717, 1.165) is 25.0 Å². The molecule has 1 heterocycles. The lowest BCUT2D eigenvalue weighted by atomic mass is 9.95. The summed E-state index contributed by atoms with van der Waals surface area (Å²) >= 11 is 0. The molecule has 2 rings (SSSR count). The van der Waals surface area contributed by atoms with Crippen molar-refractivity contribution in [2.45, 2.75) is 13.0 Å². The molecule has 0 unspecified atom stereocenters. The molecule has 0 saturated carbocycles. The fourth-order valence-corrected chi connectivity index (χ4v) is 1.78. The highest BCUT2D eigenvalue weighted by Crippen LogP contribution is 2.14. The van der Waals surface area contributed by atoms with Gasteiger partial charge in [-0.1, -0.05) is 17.6 Å². The lowest BCUT2D eigenvalue weighted by Crippen LogP contribution is -2.04. The normalized spacial score (nSPS) is 11.0. The molecule has 1 aromatic heterocycles. The summed E-state index contributed by atoms with van der Waals surface area (Å²) in [5, 5.41) is 1.24. The minimum Gasteiger partial charge on any atom is -0.385 e. The van der Waals surface area contributed by atoms with Gasteiger partial charge in [-0.2, -0.15) is 0 Å². The van der Waals surface area contributed by atoms with Gasteiger partial charge in [0.25, 0.3) is 0 Å². The second-order valence-corrected chi connectivity index (χ2v) is 3.67. The molecule has 0 aliphatic carbocycles. The molecule has 2 aromatic rings. The molecule has 0 spiro atoms. The van der Waals surface area contributed by atoms with E-state index in [1.54, 1.807) is 7.11 Å². The SMILES string of the molecule is [B]c1ccc2ccn(CCCOC)c2c1. The van der Waals surface area contributed by atoms with E-state index in [2.05, 4.69) is 22.9 Å². The zero-order valence-electron chi connectivity index (χ0n) is 8.94. The van der Waals surface area contributed by atoms with Gasteiger partial charge < -0.3 is 9.30 Å². The van der Waals surface area contributed by atoms with Crippen molar-refractivity contribution in [1.29, 1.82) is 0 Å². The third-order valence-electron chi connectivity index (χ3n) is 2.55. The fraction of sp³-hybridized carbons (Fsp3) is 0.333. The third-order valence-corrected chi connectivity index (χ3v) is 2.55. The number of hydrogen-bond acceptors (Lipinski definition) is 1. The number of aryl methyl sites for hydroxylation is 1. The minimum absolute atomic E-state index is 0.794. The molecule has 0 fully saturated rings. The molecule has 2 radical (unpaired) electrons. The van der Waals surface area contributed by atoms with E-state index >= 15 is 0 Å². The first-order valence-electron chi connectivity index (χ1n) is 5.14. The molecule has 76 valence electrons. The van der Waals surface area contributed by atoms with Crippen LogP contribution in [-0.2, 0) is 11.3 Å². The van der Waals surface area contributed by atoms with Gasteiger partial charge in [0.15, 0.2) is 0 Å². The Morgan fingerprint density at radius 3 is 3.00 bits per heavy atom. The molecule has 2 nitrogen and oxygen atoms in total. The van der Waals surface area contributed by atoms with Crippen LogP contribution >= 0.6 is 0 Å². The molecule has 3 heteroatoms. The maximum atomic E-state index is 5.77.